The molecule has 0 fully saturated rings. The molecule has 8 nitrogen and oxygen atoms in total. The number of ether oxygens (including phenoxy) is 3. The molecule has 0 amide bonds. The lowest BCUT2D eigenvalue weighted by atomic mass is 10.2. The van der Waals surface area contributed by atoms with Gasteiger partial charge in [0.15, 0.2) is 0 Å². The van der Waals surface area contributed by atoms with Crippen molar-refractivity contribution >= 4 is 40.7 Å². The third-order valence-corrected chi connectivity index (χ3v) is 7.00. The summed E-state index contributed by atoms with van der Waals surface area (Å²) in [5.41, 5.74) is 1.43. The van der Waals surface area contributed by atoms with Crippen LogP contribution >= 0.6 is 34.7 Å². The van der Waals surface area contributed by atoms with Crippen LogP contribution in [0, 0.1) is 0 Å². The lowest BCUT2D eigenvalue weighted by Gasteiger charge is -2.10. The number of nitrogens with zero attached hydrogens (tertiary/aromatic N) is 4. The highest BCUT2D eigenvalue weighted by Gasteiger charge is 2.32. The van der Waals surface area contributed by atoms with Crippen LogP contribution in [0.3, 0.4) is 0 Å². The first-order valence-corrected chi connectivity index (χ1v) is 12.1. The fourth-order valence-corrected chi connectivity index (χ4v) is 5.07. The van der Waals surface area contributed by atoms with E-state index in [1.807, 2.05) is 24.3 Å². The summed E-state index contributed by atoms with van der Waals surface area (Å²) < 4.78 is 53.0. The van der Waals surface area contributed by atoms with Crippen molar-refractivity contribution in [3.63, 3.8) is 0 Å². The van der Waals surface area contributed by atoms with Crippen LogP contribution in [0.1, 0.15) is 16.1 Å². The van der Waals surface area contributed by atoms with E-state index in [1.54, 1.807) is 17.2 Å². The Bertz CT molecular complexity index is 1380. The Morgan fingerprint density at radius 1 is 1.17 bits per heavy atom. The summed E-state index contributed by atoms with van der Waals surface area (Å²) in [4.78, 5) is 16.8. The number of hydrogen-bond donors (Lipinski definition) is 0. The van der Waals surface area contributed by atoms with Crippen LogP contribution in [0.4, 0.5) is 13.2 Å². The standard InChI is InChI=1S/C22H16ClF3N4O4S2/c1-32-14-6-3-12(4-7-14)10-30-20(18(28-29-30)21(31)33-2)36-17-11-35-19(27-17)13-5-8-16(15(23)9-13)34-22(24,25)26/h3-9,11H,10H2,1-2H3. The average Bonchev–Trinajstić information content (AvgIpc) is 3.47. The summed E-state index contributed by atoms with van der Waals surface area (Å²) in [5, 5.41) is 11.0. The van der Waals surface area contributed by atoms with Crippen LogP contribution in [0.25, 0.3) is 10.6 Å². The van der Waals surface area contributed by atoms with E-state index in [2.05, 4.69) is 20.0 Å². The van der Waals surface area contributed by atoms with Gasteiger partial charge in [0.1, 0.15) is 26.6 Å². The molecule has 0 atom stereocenters. The topological polar surface area (TPSA) is 88.4 Å². The molecule has 2 heterocycles. The second kappa shape index (κ2) is 10.8. The van der Waals surface area contributed by atoms with Crippen molar-refractivity contribution in [1.82, 2.24) is 20.0 Å². The number of rotatable bonds is 8. The maximum absolute atomic E-state index is 12.5. The van der Waals surface area contributed by atoms with Crippen LogP contribution in [0.2, 0.25) is 5.02 Å². The van der Waals surface area contributed by atoms with E-state index < -0.39 is 18.1 Å². The van der Waals surface area contributed by atoms with Crippen LogP contribution in [-0.2, 0) is 11.3 Å². The first-order chi connectivity index (χ1) is 17.2. The van der Waals surface area contributed by atoms with Crippen molar-refractivity contribution in [2.24, 2.45) is 0 Å². The van der Waals surface area contributed by atoms with Crippen LogP contribution in [0.15, 0.2) is 57.9 Å². The Balaban J connectivity index is 1.59. The van der Waals surface area contributed by atoms with Gasteiger partial charge in [0.05, 0.1) is 25.8 Å². The third kappa shape index (κ3) is 6.09. The van der Waals surface area contributed by atoms with E-state index in [0.717, 1.165) is 23.4 Å². The number of aromatic nitrogens is 4. The molecule has 0 saturated heterocycles. The number of carbonyl (C=O) groups is 1. The van der Waals surface area contributed by atoms with Crippen molar-refractivity contribution in [2.75, 3.05) is 14.2 Å². The summed E-state index contributed by atoms with van der Waals surface area (Å²) in [5.74, 6) is -0.452. The van der Waals surface area contributed by atoms with Gasteiger partial charge in [0, 0.05) is 10.9 Å². The summed E-state index contributed by atoms with van der Waals surface area (Å²) in [7, 11) is 2.82. The minimum atomic E-state index is -4.85. The van der Waals surface area contributed by atoms with E-state index in [0.29, 0.717) is 32.9 Å². The van der Waals surface area contributed by atoms with E-state index in [-0.39, 0.29) is 10.7 Å². The molecule has 188 valence electrons. The van der Waals surface area contributed by atoms with Crippen molar-refractivity contribution in [1.29, 1.82) is 0 Å². The highest BCUT2D eigenvalue weighted by molar-refractivity contribution is 7.99. The smallest absolute Gasteiger partial charge is 0.497 e. The van der Waals surface area contributed by atoms with Gasteiger partial charge in [0.2, 0.25) is 5.69 Å². The number of alkyl halides is 3. The molecule has 0 radical (unpaired) electrons. The van der Waals surface area contributed by atoms with E-state index >= 15 is 0 Å². The molecule has 0 unspecified atom stereocenters. The van der Waals surface area contributed by atoms with Crippen molar-refractivity contribution in [3.05, 3.63) is 64.1 Å². The second-order valence-corrected chi connectivity index (χ2v) is 9.30. The SMILES string of the molecule is COC(=O)c1nnn(Cc2ccc(OC)cc2)c1Sc1csc(-c2ccc(OC(F)(F)F)c(Cl)c2)n1. The van der Waals surface area contributed by atoms with Gasteiger partial charge in [0.25, 0.3) is 0 Å². The van der Waals surface area contributed by atoms with Gasteiger partial charge in [-0.25, -0.2) is 14.5 Å². The van der Waals surface area contributed by atoms with Crippen LogP contribution < -0.4 is 9.47 Å². The van der Waals surface area contributed by atoms with Crippen molar-refractivity contribution < 1.29 is 32.2 Å². The molecule has 0 saturated carbocycles. The summed E-state index contributed by atoms with van der Waals surface area (Å²) >= 11 is 8.37. The highest BCUT2D eigenvalue weighted by atomic mass is 35.5. The van der Waals surface area contributed by atoms with Gasteiger partial charge in [-0.15, -0.1) is 29.6 Å². The number of thiazole rings is 1. The Labute approximate surface area is 216 Å². The monoisotopic (exact) mass is 556 g/mol. The zero-order valence-corrected chi connectivity index (χ0v) is 21.0. The molecule has 36 heavy (non-hydrogen) atoms. The minimum absolute atomic E-state index is 0.0299. The van der Waals surface area contributed by atoms with Crippen LogP contribution in [0.5, 0.6) is 11.5 Å². The quantitative estimate of drug-likeness (QED) is 0.246. The van der Waals surface area contributed by atoms with Gasteiger partial charge in [-0.1, -0.05) is 28.9 Å². The number of methoxy groups -OCH3 is 2. The first-order valence-electron chi connectivity index (χ1n) is 10.0. The van der Waals surface area contributed by atoms with E-state index in [9.17, 15) is 18.0 Å². The molecule has 0 aliphatic heterocycles. The summed E-state index contributed by atoms with van der Waals surface area (Å²) in [6, 6.07) is 11.2. The van der Waals surface area contributed by atoms with Crippen LogP contribution in [-0.4, -0.2) is 46.5 Å². The summed E-state index contributed by atoms with van der Waals surface area (Å²) in [6.07, 6.45) is -4.85. The number of benzene rings is 2. The predicted molar refractivity (Wildman–Crippen MR) is 127 cm³/mol. The molecular weight excluding hydrogens is 541 g/mol. The molecule has 14 heteroatoms. The van der Waals surface area contributed by atoms with Gasteiger partial charge < -0.3 is 14.2 Å². The van der Waals surface area contributed by atoms with E-state index in [4.69, 9.17) is 21.1 Å². The molecular formula is C22H16ClF3N4O4S2. The zero-order valence-electron chi connectivity index (χ0n) is 18.6. The molecule has 0 N–H and O–H groups in total. The van der Waals surface area contributed by atoms with Gasteiger partial charge >= 0.3 is 12.3 Å². The van der Waals surface area contributed by atoms with E-state index in [1.165, 1.54) is 30.6 Å². The predicted octanol–water partition coefficient (Wildman–Crippen LogP) is 5.95. The van der Waals surface area contributed by atoms with Crippen molar-refractivity contribution in [2.45, 2.75) is 23.0 Å². The molecule has 0 bridgehead atoms. The third-order valence-electron chi connectivity index (χ3n) is 4.65. The molecule has 0 aliphatic rings. The molecule has 2 aromatic carbocycles. The molecule has 2 aromatic heterocycles. The highest BCUT2D eigenvalue weighted by Crippen LogP contribution is 2.37. The Morgan fingerprint density at radius 3 is 2.56 bits per heavy atom. The van der Waals surface area contributed by atoms with Crippen molar-refractivity contribution in [3.8, 4) is 22.1 Å². The van der Waals surface area contributed by atoms with Gasteiger partial charge in [-0.05, 0) is 47.7 Å². The van der Waals surface area contributed by atoms with Gasteiger partial charge in [-0.2, -0.15) is 0 Å². The second-order valence-electron chi connectivity index (χ2n) is 7.03. The molecule has 4 aromatic rings. The fourth-order valence-electron chi connectivity index (χ4n) is 3.02. The Hall–Kier alpha value is -3.29. The minimum Gasteiger partial charge on any atom is -0.497 e. The Morgan fingerprint density at radius 2 is 1.92 bits per heavy atom. The largest absolute Gasteiger partial charge is 0.573 e. The maximum Gasteiger partial charge on any atom is 0.573 e. The van der Waals surface area contributed by atoms with Gasteiger partial charge in [-0.3, -0.25) is 0 Å². The average molecular weight is 557 g/mol. The lowest BCUT2D eigenvalue weighted by molar-refractivity contribution is -0.274. The maximum atomic E-state index is 12.5. The summed E-state index contributed by atoms with van der Waals surface area (Å²) in [6.45, 7) is 0.323. The first kappa shape index (κ1) is 25.8. The lowest BCUT2D eigenvalue weighted by Crippen LogP contribution is -2.17. The normalized spacial score (nSPS) is 11.4. The molecule has 4 rings (SSSR count). The molecule has 0 spiro atoms. The number of carbonyl (C=O) groups excluding carboxylic acids is 1. The number of hydrogen-bond acceptors (Lipinski definition) is 9. The number of esters is 1. The molecule has 0 aliphatic carbocycles. The Kier molecular flexibility index (Phi) is 7.71. The zero-order chi connectivity index (χ0) is 25.9. The fraction of sp³-hybridized carbons (Fsp3) is 0.182. The number of halogens is 4.